The van der Waals surface area contributed by atoms with E-state index in [9.17, 15) is 4.79 Å². The zero-order valence-electron chi connectivity index (χ0n) is 16.2. The molecule has 3 rings (SSSR count). The highest BCUT2D eigenvalue weighted by atomic mass is 16.5. The van der Waals surface area contributed by atoms with Crippen LogP contribution in [0.25, 0.3) is 11.1 Å². The number of hydrogen-bond donors (Lipinski definition) is 0. The van der Waals surface area contributed by atoms with Crippen LogP contribution in [0.3, 0.4) is 0 Å². The van der Waals surface area contributed by atoms with Gasteiger partial charge in [0.05, 0.1) is 11.7 Å². The van der Waals surface area contributed by atoms with Gasteiger partial charge in [0.1, 0.15) is 11.5 Å². The molecule has 0 N–H and O–H groups in total. The highest BCUT2D eigenvalue weighted by Crippen LogP contribution is 2.22. The van der Waals surface area contributed by atoms with Crippen LogP contribution in [0.4, 0.5) is 0 Å². The van der Waals surface area contributed by atoms with Gasteiger partial charge in [0, 0.05) is 5.56 Å². The molecule has 0 heterocycles. The number of esters is 1. The maximum atomic E-state index is 12.4. The molecular formula is C25H22O3. The van der Waals surface area contributed by atoms with Crippen molar-refractivity contribution < 1.29 is 14.3 Å². The number of carbonyl (C=O) groups excluding carboxylic acids is 1. The monoisotopic (exact) mass is 370 g/mol. The van der Waals surface area contributed by atoms with E-state index >= 15 is 0 Å². The Labute approximate surface area is 165 Å². The van der Waals surface area contributed by atoms with Crippen molar-refractivity contribution in [1.29, 1.82) is 0 Å². The minimum absolute atomic E-state index is 0.0997. The lowest BCUT2D eigenvalue weighted by Crippen LogP contribution is -2.08. The Balaban J connectivity index is 1.67. The quantitative estimate of drug-likeness (QED) is 0.327. The summed E-state index contributed by atoms with van der Waals surface area (Å²) in [5.41, 5.74) is 3.58. The van der Waals surface area contributed by atoms with Crippen molar-refractivity contribution >= 4 is 5.97 Å². The second-order valence-corrected chi connectivity index (χ2v) is 6.56. The summed E-state index contributed by atoms with van der Waals surface area (Å²) in [5, 5.41) is 0. The Bertz CT molecular complexity index is 987. The van der Waals surface area contributed by atoms with Crippen molar-refractivity contribution in [2.24, 2.45) is 0 Å². The average Bonchev–Trinajstić information content (AvgIpc) is 2.70. The summed E-state index contributed by atoms with van der Waals surface area (Å²) in [4.78, 5) is 12.4. The van der Waals surface area contributed by atoms with E-state index in [1.165, 1.54) is 0 Å². The molecule has 3 aromatic rings. The zero-order chi connectivity index (χ0) is 19.9. The van der Waals surface area contributed by atoms with Crippen LogP contribution in [-0.2, 0) is 0 Å². The Hall–Kier alpha value is -3.51. The molecule has 0 bridgehead atoms. The van der Waals surface area contributed by atoms with Gasteiger partial charge in [-0.05, 0) is 80.4 Å². The molecule has 3 heteroatoms. The van der Waals surface area contributed by atoms with Gasteiger partial charge < -0.3 is 9.47 Å². The fourth-order valence-corrected chi connectivity index (χ4v) is 2.71. The van der Waals surface area contributed by atoms with Crippen LogP contribution in [0.5, 0.6) is 11.5 Å². The van der Waals surface area contributed by atoms with E-state index in [1.807, 2.05) is 57.2 Å². The second-order valence-electron chi connectivity index (χ2n) is 6.56. The molecule has 3 nitrogen and oxygen atoms in total. The van der Waals surface area contributed by atoms with Gasteiger partial charge in [-0.1, -0.05) is 30.2 Å². The highest BCUT2D eigenvalue weighted by Gasteiger charge is 2.09. The Morgan fingerprint density at radius 2 is 1.32 bits per heavy atom. The second kappa shape index (κ2) is 8.92. The average molecular weight is 370 g/mol. The van der Waals surface area contributed by atoms with Crippen LogP contribution in [0.1, 0.15) is 36.7 Å². The van der Waals surface area contributed by atoms with Crippen molar-refractivity contribution in [1.82, 2.24) is 0 Å². The molecule has 0 aliphatic rings. The van der Waals surface area contributed by atoms with E-state index in [0.717, 1.165) is 22.4 Å². The van der Waals surface area contributed by atoms with E-state index in [1.54, 1.807) is 36.4 Å². The first-order valence-corrected chi connectivity index (χ1v) is 9.17. The maximum Gasteiger partial charge on any atom is 0.343 e. The summed E-state index contributed by atoms with van der Waals surface area (Å²) in [5.74, 6) is 6.75. The lowest BCUT2D eigenvalue weighted by Gasteiger charge is -2.10. The summed E-state index contributed by atoms with van der Waals surface area (Å²) in [6.45, 7) is 5.75. The molecule has 0 unspecified atom stereocenters. The first-order chi connectivity index (χ1) is 13.5. The molecule has 0 saturated carbocycles. The third-order valence-electron chi connectivity index (χ3n) is 4.01. The minimum atomic E-state index is -0.391. The predicted octanol–water partition coefficient (Wildman–Crippen LogP) is 5.73. The van der Waals surface area contributed by atoms with E-state index in [0.29, 0.717) is 11.3 Å². The van der Waals surface area contributed by atoms with Gasteiger partial charge in [-0.2, -0.15) is 0 Å². The molecule has 0 saturated heterocycles. The topological polar surface area (TPSA) is 35.5 Å². The van der Waals surface area contributed by atoms with Crippen LogP contribution in [-0.4, -0.2) is 12.1 Å². The first-order valence-electron chi connectivity index (χ1n) is 9.17. The van der Waals surface area contributed by atoms with E-state index in [-0.39, 0.29) is 6.10 Å². The molecular weight excluding hydrogens is 348 g/mol. The maximum absolute atomic E-state index is 12.4. The van der Waals surface area contributed by atoms with E-state index in [2.05, 4.69) is 11.8 Å². The van der Waals surface area contributed by atoms with Gasteiger partial charge in [-0.15, -0.1) is 5.92 Å². The molecule has 28 heavy (non-hydrogen) atoms. The highest BCUT2D eigenvalue weighted by molar-refractivity contribution is 5.91. The molecule has 0 aromatic heterocycles. The van der Waals surface area contributed by atoms with Gasteiger partial charge in [-0.3, -0.25) is 0 Å². The van der Waals surface area contributed by atoms with Gasteiger partial charge in [0.25, 0.3) is 0 Å². The summed E-state index contributed by atoms with van der Waals surface area (Å²) in [7, 11) is 0. The fraction of sp³-hybridized carbons (Fsp3) is 0.160. The predicted molar refractivity (Wildman–Crippen MR) is 112 cm³/mol. The molecule has 3 aromatic carbocycles. The van der Waals surface area contributed by atoms with E-state index in [4.69, 9.17) is 9.47 Å². The SMILES string of the molecule is CC#Cc1ccc(-c2ccc(C(=O)Oc3ccc(OC(C)C)cc3)cc2)cc1. The molecule has 0 atom stereocenters. The van der Waals surface area contributed by atoms with Crippen LogP contribution in [0.15, 0.2) is 72.8 Å². The van der Waals surface area contributed by atoms with Crippen molar-refractivity contribution in [2.45, 2.75) is 26.9 Å². The number of carbonyl (C=O) groups is 1. The van der Waals surface area contributed by atoms with E-state index < -0.39 is 5.97 Å². The summed E-state index contributed by atoms with van der Waals surface area (Å²) >= 11 is 0. The largest absolute Gasteiger partial charge is 0.491 e. The molecule has 0 radical (unpaired) electrons. The van der Waals surface area contributed by atoms with Gasteiger partial charge in [-0.25, -0.2) is 4.79 Å². The molecule has 0 aliphatic carbocycles. The van der Waals surface area contributed by atoms with Crippen LogP contribution < -0.4 is 9.47 Å². The number of ether oxygens (including phenoxy) is 2. The number of benzene rings is 3. The Morgan fingerprint density at radius 1 is 0.786 bits per heavy atom. The molecule has 0 fully saturated rings. The lowest BCUT2D eigenvalue weighted by molar-refractivity contribution is 0.0734. The fourth-order valence-electron chi connectivity index (χ4n) is 2.71. The van der Waals surface area contributed by atoms with Crippen molar-refractivity contribution in [3.05, 3.63) is 83.9 Å². The lowest BCUT2D eigenvalue weighted by atomic mass is 10.0. The van der Waals surface area contributed by atoms with Crippen molar-refractivity contribution in [2.75, 3.05) is 0 Å². The summed E-state index contributed by atoms with van der Waals surface area (Å²) in [6.07, 6.45) is 0.0997. The normalized spacial score (nSPS) is 10.1. The molecule has 0 amide bonds. The van der Waals surface area contributed by atoms with Crippen LogP contribution >= 0.6 is 0 Å². The minimum Gasteiger partial charge on any atom is -0.491 e. The zero-order valence-corrected chi connectivity index (χ0v) is 16.2. The molecule has 140 valence electrons. The molecule has 0 aliphatic heterocycles. The standard InChI is InChI=1S/C25H22O3/c1-4-5-19-6-8-20(9-7-19)21-10-12-22(13-11-21)25(26)28-24-16-14-23(15-17-24)27-18(2)3/h6-18H,1-3H3. The van der Waals surface area contributed by atoms with Crippen LogP contribution in [0.2, 0.25) is 0 Å². The molecule has 0 spiro atoms. The third kappa shape index (κ3) is 5.02. The smallest absolute Gasteiger partial charge is 0.343 e. The van der Waals surface area contributed by atoms with Gasteiger partial charge in [0.15, 0.2) is 0 Å². The van der Waals surface area contributed by atoms with Crippen molar-refractivity contribution in [3.63, 3.8) is 0 Å². The number of rotatable bonds is 5. The summed E-state index contributed by atoms with van der Waals surface area (Å²) < 4.78 is 11.0. The van der Waals surface area contributed by atoms with Crippen LogP contribution in [0, 0.1) is 11.8 Å². The van der Waals surface area contributed by atoms with Crippen molar-refractivity contribution in [3.8, 4) is 34.5 Å². The van der Waals surface area contributed by atoms with Gasteiger partial charge >= 0.3 is 5.97 Å². The Morgan fingerprint density at radius 3 is 1.86 bits per heavy atom. The first kappa shape index (κ1) is 19.3. The Kier molecular flexibility index (Phi) is 6.14. The summed E-state index contributed by atoms with van der Waals surface area (Å²) in [6, 6.07) is 22.4. The van der Waals surface area contributed by atoms with Gasteiger partial charge in [0.2, 0.25) is 0 Å². The number of hydrogen-bond acceptors (Lipinski definition) is 3. The third-order valence-corrected chi connectivity index (χ3v) is 4.01.